The molecule has 1 aromatic heterocycles. The van der Waals surface area contributed by atoms with E-state index in [-0.39, 0.29) is 21.6 Å². The van der Waals surface area contributed by atoms with E-state index >= 15 is 0 Å². The first-order valence-electron chi connectivity index (χ1n) is 9.62. The second-order valence-electron chi connectivity index (χ2n) is 6.75. The zero-order chi connectivity index (χ0) is 22.5. The summed E-state index contributed by atoms with van der Waals surface area (Å²) in [7, 11) is 0. The maximum absolute atomic E-state index is 13.3. The molecular formula is C25H16FN3O2S. The van der Waals surface area contributed by atoms with Gasteiger partial charge in [-0.15, -0.1) is 11.3 Å². The SMILES string of the molecule is N#C/C(C(=O)Nc1ccccc1)=c1\s/c(=C/c2ccc(F)cc2)c(=O)n1-c1ccccc1. The fourth-order valence-corrected chi connectivity index (χ4v) is 4.18. The molecule has 0 saturated carbocycles. The van der Waals surface area contributed by atoms with Crippen molar-refractivity contribution in [3.8, 4) is 11.8 Å². The lowest BCUT2D eigenvalue weighted by Gasteiger charge is -2.05. The van der Waals surface area contributed by atoms with E-state index in [1.54, 1.807) is 66.7 Å². The number of para-hydroxylation sites is 2. The van der Waals surface area contributed by atoms with Crippen molar-refractivity contribution in [3.05, 3.63) is 116 Å². The molecule has 32 heavy (non-hydrogen) atoms. The van der Waals surface area contributed by atoms with Gasteiger partial charge in [-0.2, -0.15) is 5.26 Å². The zero-order valence-corrected chi connectivity index (χ0v) is 17.5. The highest BCUT2D eigenvalue weighted by atomic mass is 32.1. The van der Waals surface area contributed by atoms with Crippen molar-refractivity contribution in [1.82, 2.24) is 4.57 Å². The van der Waals surface area contributed by atoms with Crippen LogP contribution < -0.4 is 20.1 Å². The van der Waals surface area contributed by atoms with Gasteiger partial charge in [0, 0.05) is 5.69 Å². The third-order valence-electron chi connectivity index (χ3n) is 4.59. The van der Waals surface area contributed by atoms with Crippen molar-refractivity contribution in [2.45, 2.75) is 0 Å². The standard InChI is InChI=1S/C25H16FN3O2S/c26-18-13-11-17(12-14-18)15-22-24(31)29(20-9-5-2-6-10-20)25(32-22)21(16-27)23(30)28-19-7-3-1-4-8-19/h1-15H,(H,28,30)/b22-15+,25-21+. The molecule has 3 aromatic carbocycles. The van der Waals surface area contributed by atoms with Gasteiger partial charge in [-0.25, -0.2) is 4.39 Å². The van der Waals surface area contributed by atoms with Crippen LogP contribution in [0.4, 0.5) is 10.1 Å². The van der Waals surface area contributed by atoms with Gasteiger partial charge in [0.15, 0.2) is 5.57 Å². The summed E-state index contributed by atoms with van der Waals surface area (Å²) in [5.74, 6) is -0.994. The Bertz CT molecular complexity index is 1480. The van der Waals surface area contributed by atoms with Gasteiger partial charge in [-0.05, 0) is 48.0 Å². The Hall–Kier alpha value is -4.28. The summed E-state index contributed by atoms with van der Waals surface area (Å²) in [6, 6.07) is 25.2. The van der Waals surface area contributed by atoms with Crippen LogP contribution >= 0.6 is 11.3 Å². The first-order valence-corrected chi connectivity index (χ1v) is 10.4. The first-order chi connectivity index (χ1) is 15.6. The number of nitriles is 1. The van der Waals surface area contributed by atoms with E-state index in [1.165, 1.54) is 16.7 Å². The van der Waals surface area contributed by atoms with E-state index in [9.17, 15) is 19.2 Å². The summed E-state index contributed by atoms with van der Waals surface area (Å²) in [5, 5.41) is 12.5. The van der Waals surface area contributed by atoms with Crippen LogP contribution in [0.15, 0.2) is 89.7 Å². The lowest BCUT2D eigenvalue weighted by molar-refractivity contribution is -0.111. The van der Waals surface area contributed by atoms with Gasteiger partial charge in [-0.1, -0.05) is 48.5 Å². The average molecular weight is 441 g/mol. The Morgan fingerprint density at radius 2 is 1.59 bits per heavy atom. The molecule has 5 nitrogen and oxygen atoms in total. The van der Waals surface area contributed by atoms with Gasteiger partial charge >= 0.3 is 0 Å². The quantitative estimate of drug-likeness (QED) is 0.529. The number of hydrogen-bond acceptors (Lipinski definition) is 4. The zero-order valence-electron chi connectivity index (χ0n) is 16.7. The average Bonchev–Trinajstić information content (AvgIpc) is 3.12. The van der Waals surface area contributed by atoms with Crippen molar-refractivity contribution in [1.29, 1.82) is 5.26 Å². The number of rotatable bonds is 4. The van der Waals surface area contributed by atoms with Crippen LogP contribution in [0.25, 0.3) is 17.3 Å². The molecule has 1 amide bonds. The van der Waals surface area contributed by atoms with Crippen molar-refractivity contribution in [2.24, 2.45) is 0 Å². The summed E-state index contributed by atoms with van der Waals surface area (Å²) in [6.07, 6.45) is 1.61. The van der Waals surface area contributed by atoms with Crippen molar-refractivity contribution >= 4 is 34.6 Å². The van der Waals surface area contributed by atoms with E-state index in [0.29, 0.717) is 21.5 Å². The third kappa shape index (κ3) is 4.41. The normalized spacial score (nSPS) is 12.2. The molecule has 4 aromatic rings. The van der Waals surface area contributed by atoms with Crippen LogP contribution in [-0.2, 0) is 4.79 Å². The second-order valence-corrected chi connectivity index (χ2v) is 7.78. The van der Waals surface area contributed by atoms with Crippen LogP contribution in [0.2, 0.25) is 0 Å². The van der Waals surface area contributed by atoms with Crippen molar-refractivity contribution < 1.29 is 9.18 Å². The maximum atomic E-state index is 13.3. The molecule has 0 aliphatic rings. The Labute approximate surface area is 186 Å². The smallest absolute Gasteiger partial charge is 0.273 e. The molecule has 0 fully saturated rings. The molecule has 0 radical (unpaired) electrons. The van der Waals surface area contributed by atoms with Gasteiger partial charge in [0.1, 0.15) is 16.5 Å². The lowest BCUT2D eigenvalue weighted by atomic mass is 10.2. The van der Waals surface area contributed by atoms with E-state index in [2.05, 4.69) is 5.32 Å². The molecule has 1 heterocycles. The number of aromatic nitrogens is 1. The van der Waals surface area contributed by atoms with E-state index in [1.807, 2.05) is 18.2 Å². The van der Waals surface area contributed by atoms with Gasteiger partial charge in [0.2, 0.25) is 0 Å². The number of anilines is 1. The molecule has 7 heteroatoms. The summed E-state index contributed by atoms with van der Waals surface area (Å²) in [6.45, 7) is 0. The highest BCUT2D eigenvalue weighted by Gasteiger charge is 2.17. The number of halogens is 1. The largest absolute Gasteiger partial charge is 0.321 e. The van der Waals surface area contributed by atoms with Gasteiger partial charge in [0.25, 0.3) is 11.5 Å². The van der Waals surface area contributed by atoms with Crippen LogP contribution in [0.1, 0.15) is 5.56 Å². The first kappa shape index (κ1) is 21.0. The predicted molar refractivity (Wildman–Crippen MR) is 123 cm³/mol. The number of benzene rings is 3. The Kier molecular flexibility index (Phi) is 6.06. The molecular weight excluding hydrogens is 425 g/mol. The molecule has 0 bridgehead atoms. The number of carbonyl (C=O) groups excluding carboxylic acids is 1. The van der Waals surface area contributed by atoms with Crippen molar-refractivity contribution in [3.63, 3.8) is 0 Å². The minimum Gasteiger partial charge on any atom is -0.321 e. The Morgan fingerprint density at radius 3 is 2.22 bits per heavy atom. The predicted octanol–water partition coefficient (Wildman–Crippen LogP) is 3.18. The highest BCUT2D eigenvalue weighted by molar-refractivity contribution is 7.07. The topological polar surface area (TPSA) is 74.9 Å². The maximum Gasteiger partial charge on any atom is 0.273 e. The van der Waals surface area contributed by atoms with E-state index in [0.717, 1.165) is 11.3 Å². The number of hydrogen-bond donors (Lipinski definition) is 1. The lowest BCUT2D eigenvalue weighted by Crippen LogP contribution is -2.32. The van der Waals surface area contributed by atoms with Crippen LogP contribution in [-0.4, -0.2) is 10.5 Å². The number of thiazole rings is 1. The summed E-state index contributed by atoms with van der Waals surface area (Å²) in [4.78, 5) is 26.2. The fraction of sp³-hybridized carbons (Fsp3) is 0. The molecule has 0 spiro atoms. The van der Waals surface area contributed by atoms with Crippen LogP contribution in [0.5, 0.6) is 0 Å². The molecule has 0 saturated heterocycles. The van der Waals surface area contributed by atoms with Crippen LogP contribution in [0.3, 0.4) is 0 Å². The molecule has 4 rings (SSSR count). The van der Waals surface area contributed by atoms with Gasteiger partial charge < -0.3 is 5.32 Å². The number of carbonyl (C=O) groups is 1. The highest BCUT2D eigenvalue weighted by Crippen LogP contribution is 2.09. The third-order valence-corrected chi connectivity index (χ3v) is 5.68. The number of nitrogens with zero attached hydrogens (tertiary/aromatic N) is 2. The fourth-order valence-electron chi connectivity index (χ4n) is 3.08. The Morgan fingerprint density at radius 1 is 0.969 bits per heavy atom. The van der Waals surface area contributed by atoms with Gasteiger partial charge in [-0.3, -0.25) is 14.2 Å². The van der Waals surface area contributed by atoms with Gasteiger partial charge in [0.05, 0.1) is 10.2 Å². The summed E-state index contributed by atoms with van der Waals surface area (Å²) >= 11 is 1.03. The van der Waals surface area contributed by atoms with Crippen LogP contribution in [0, 0.1) is 17.1 Å². The minimum absolute atomic E-state index is 0.182. The molecule has 0 aliphatic heterocycles. The van der Waals surface area contributed by atoms with E-state index in [4.69, 9.17) is 0 Å². The molecule has 0 atom stereocenters. The van der Waals surface area contributed by atoms with E-state index < -0.39 is 5.91 Å². The summed E-state index contributed by atoms with van der Waals surface area (Å²) < 4.78 is 15.1. The number of amides is 1. The second kappa shape index (κ2) is 9.25. The molecule has 1 N–H and O–H groups in total. The van der Waals surface area contributed by atoms with Crippen molar-refractivity contribution in [2.75, 3.05) is 5.32 Å². The molecule has 0 aliphatic carbocycles. The monoisotopic (exact) mass is 441 g/mol. The molecule has 156 valence electrons. The number of nitrogens with one attached hydrogen (secondary N) is 1. The minimum atomic E-state index is -0.613. The summed E-state index contributed by atoms with van der Waals surface area (Å²) in [5.41, 5.74) is 1.14. The Balaban J connectivity index is 1.95. The molecule has 0 unspecified atom stereocenters.